The van der Waals surface area contributed by atoms with Gasteiger partial charge < -0.3 is 14.0 Å². The monoisotopic (exact) mass is 286 g/mol. The van der Waals surface area contributed by atoms with Crippen LogP contribution in [0.1, 0.15) is 28.9 Å². The number of esters is 1. The molecule has 0 radical (unpaired) electrons. The van der Waals surface area contributed by atoms with Crippen LogP contribution in [-0.2, 0) is 9.53 Å². The van der Waals surface area contributed by atoms with Crippen molar-refractivity contribution in [2.45, 2.75) is 25.8 Å². The second-order valence-electron chi connectivity index (χ2n) is 5.37. The van der Waals surface area contributed by atoms with Crippen molar-refractivity contribution in [1.29, 1.82) is 0 Å². The first kappa shape index (κ1) is 13.7. The molecule has 3 rings (SSSR count). The van der Waals surface area contributed by atoms with Crippen LogP contribution in [0.4, 0.5) is 0 Å². The highest BCUT2D eigenvalue weighted by atomic mass is 16.5. The largest absolute Gasteiger partial charge is 0.467 e. The van der Waals surface area contributed by atoms with E-state index in [0.717, 1.165) is 17.6 Å². The average Bonchev–Trinajstić information content (AvgIpc) is 3.13. The third-order valence-electron chi connectivity index (χ3n) is 4.07. The Morgan fingerprint density at radius 3 is 2.86 bits per heavy atom. The Balaban J connectivity index is 1.93. The maximum Gasteiger partial charge on any atom is 0.328 e. The molecule has 21 heavy (non-hydrogen) atoms. The number of aromatic nitrogens is 1. The lowest BCUT2D eigenvalue weighted by molar-refractivity contribution is -0.145. The zero-order chi connectivity index (χ0) is 15.0. The first-order valence-corrected chi connectivity index (χ1v) is 7.08. The van der Waals surface area contributed by atoms with Gasteiger partial charge in [-0.3, -0.25) is 4.79 Å². The molecular weight excluding hydrogens is 268 g/mol. The van der Waals surface area contributed by atoms with Crippen LogP contribution >= 0.6 is 0 Å². The molecule has 0 aliphatic carbocycles. The molecule has 0 saturated carbocycles. The molecule has 3 heterocycles. The lowest BCUT2D eigenvalue weighted by Gasteiger charge is -2.22. The van der Waals surface area contributed by atoms with E-state index in [1.54, 1.807) is 4.90 Å². The third kappa shape index (κ3) is 2.28. The molecule has 1 fully saturated rings. The van der Waals surface area contributed by atoms with Crippen LogP contribution in [-0.4, -0.2) is 40.9 Å². The number of nitrogens with zero attached hydrogens (tertiary/aromatic N) is 2. The molecule has 0 bridgehead atoms. The van der Waals surface area contributed by atoms with Crippen molar-refractivity contribution >= 4 is 17.4 Å². The summed E-state index contributed by atoms with van der Waals surface area (Å²) in [4.78, 5) is 26.0. The normalized spacial score (nSPS) is 18.2. The number of pyridine rings is 1. The summed E-state index contributed by atoms with van der Waals surface area (Å²) in [5.74, 6) is -0.438. The van der Waals surface area contributed by atoms with E-state index >= 15 is 0 Å². The van der Waals surface area contributed by atoms with E-state index in [1.807, 2.05) is 41.8 Å². The SMILES string of the molecule is COC(=O)[C@@H]1CCCN1C(=O)c1cc2cccc(C)n2c1. The minimum absolute atomic E-state index is 0.106. The fourth-order valence-corrected chi connectivity index (χ4v) is 2.95. The smallest absolute Gasteiger partial charge is 0.328 e. The first-order valence-electron chi connectivity index (χ1n) is 7.08. The third-order valence-corrected chi connectivity index (χ3v) is 4.07. The minimum Gasteiger partial charge on any atom is -0.467 e. The predicted octanol–water partition coefficient (Wildman–Crippen LogP) is 2.03. The molecule has 2 aromatic rings. The molecule has 1 aliphatic heterocycles. The maximum absolute atomic E-state index is 12.7. The van der Waals surface area contributed by atoms with Gasteiger partial charge in [0.1, 0.15) is 6.04 Å². The Hall–Kier alpha value is -2.30. The Bertz CT molecular complexity index is 705. The van der Waals surface area contributed by atoms with Crippen LogP contribution in [0.15, 0.2) is 30.5 Å². The van der Waals surface area contributed by atoms with Gasteiger partial charge >= 0.3 is 5.97 Å². The minimum atomic E-state index is -0.452. The van der Waals surface area contributed by atoms with Gasteiger partial charge in [0.25, 0.3) is 5.91 Å². The highest BCUT2D eigenvalue weighted by Crippen LogP contribution is 2.22. The van der Waals surface area contributed by atoms with E-state index < -0.39 is 6.04 Å². The zero-order valence-corrected chi connectivity index (χ0v) is 12.2. The topological polar surface area (TPSA) is 51.0 Å². The van der Waals surface area contributed by atoms with Crippen LogP contribution in [0.2, 0.25) is 0 Å². The lowest BCUT2D eigenvalue weighted by Crippen LogP contribution is -2.40. The van der Waals surface area contributed by atoms with Gasteiger partial charge in [-0.05, 0) is 38.0 Å². The van der Waals surface area contributed by atoms with Crippen molar-refractivity contribution in [1.82, 2.24) is 9.30 Å². The van der Waals surface area contributed by atoms with E-state index in [2.05, 4.69) is 0 Å². The Morgan fingerprint density at radius 2 is 2.14 bits per heavy atom. The van der Waals surface area contributed by atoms with Gasteiger partial charge in [-0.25, -0.2) is 4.79 Å². The second kappa shape index (κ2) is 5.24. The Kier molecular flexibility index (Phi) is 3.41. The van der Waals surface area contributed by atoms with Gasteiger partial charge in [-0.1, -0.05) is 6.07 Å². The summed E-state index contributed by atoms with van der Waals surface area (Å²) in [6.45, 7) is 2.60. The molecule has 0 aromatic carbocycles. The summed E-state index contributed by atoms with van der Waals surface area (Å²) in [7, 11) is 1.36. The zero-order valence-electron chi connectivity index (χ0n) is 12.2. The lowest BCUT2D eigenvalue weighted by atomic mass is 10.2. The molecule has 1 aliphatic rings. The van der Waals surface area contributed by atoms with E-state index in [9.17, 15) is 9.59 Å². The molecule has 110 valence electrons. The molecule has 5 heteroatoms. The number of ether oxygens (including phenoxy) is 1. The summed E-state index contributed by atoms with van der Waals surface area (Å²) in [5.41, 5.74) is 2.66. The van der Waals surface area contributed by atoms with Crippen LogP contribution in [0.25, 0.3) is 5.52 Å². The second-order valence-corrected chi connectivity index (χ2v) is 5.37. The molecule has 1 saturated heterocycles. The van der Waals surface area contributed by atoms with Crippen molar-refractivity contribution in [3.8, 4) is 0 Å². The van der Waals surface area contributed by atoms with Crippen LogP contribution in [0.5, 0.6) is 0 Å². The highest BCUT2D eigenvalue weighted by molar-refractivity contribution is 5.98. The number of rotatable bonds is 2. The number of likely N-dealkylation sites (tertiary alicyclic amines) is 1. The molecule has 0 spiro atoms. The van der Waals surface area contributed by atoms with Gasteiger partial charge in [0.05, 0.1) is 12.7 Å². The molecule has 2 aromatic heterocycles. The summed E-state index contributed by atoms with van der Waals surface area (Å²) in [6, 6.07) is 7.33. The van der Waals surface area contributed by atoms with Crippen molar-refractivity contribution < 1.29 is 14.3 Å². The van der Waals surface area contributed by atoms with E-state index in [4.69, 9.17) is 4.74 Å². The fourth-order valence-electron chi connectivity index (χ4n) is 2.95. The van der Waals surface area contributed by atoms with Gasteiger partial charge in [-0.2, -0.15) is 0 Å². The van der Waals surface area contributed by atoms with Gasteiger partial charge in [0.2, 0.25) is 0 Å². The van der Waals surface area contributed by atoms with Crippen molar-refractivity contribution in [3.05, 3.63) is 41.7 Å². The predicted molar refractivity (Wildman–Crippen MR) is 78.2 cm³/mol. The van der Waals surface area contributed by atoms with Crippen LogP contribution in [0.3, 0.4) is 0 Å². The van der Waals surface area contributed by atoms with Crippen LogP contribution in [0, 0.1) is 6.92 Å². The molecule has 5 nitrogen and oxygen atoms in total. The molecule has 1 amide bonds. The molecule has 1 atom stereocenters. The number of methoxy groups -OCH3 is 1. The highest BCUT2D eigenvalue weighted by Gasteiger charge is 2.35. The van der Waals surface area contributed by atoms with Gasteiger partial charge in [-0.15, -0.1) is 0 Å². The van der Waals surface area contributed by atoms with Gasteiger partial charge in [0.15, 0.2) is 0 Å². The number of fused-ring (bicyclic) bond motifs is 1. The Labute approximate surface area is 123 Å². The summed E-state index contributed by atoms with van der Waals surface area (Å²) >= 11 is 0. The number of carbonyl (C=O) groups excluding carboxylic acids is 2. The first-order chi connectivity index (χ1) is 10.1. The number of aryl methyl sites for hydroxylation is 1. The van der Waals surface area contributed by atoms with Crippen LogP contribution < -0.4 is 0 Å². The van der Waals surface area contributed by atoms with Crippen molar-refractivity contribution in [3.63, 3.8) is 0 Å². The number of carbonyl (C=O) groups is 2. The molecular formula is C16H18N2O3. The summed E-state index contributed by atoms with van der Waals surface area (Å²) in [6.07, 6.45) is 3.34. The number of hydrogen-bond acceptors (Lipinski definition) is 3. The van der Waals surface area contributed by atoms with Gasteiger partial charge in [0, 0.05) is 24.0 Å². The standard InChI is InChI=1S/C16H18N2O3/c1-11-5-3-6-13-9-12(10-18(11)13)15(19)17-8-4-7-14(17)16(20)21-2/h3,5-6,9-10,14H,4,7-8H2,1-2H3/t14-/m0/s1. The number of hydrogen-bond donors (Lipinski definition) is 0. The average molecular weight is 286 g/mol. The van der Waals surface area contributed by atoms with Crippen molar-refractivity contribution in [2.24, 2.45) is 0 Å². The van der Waals surface area contributed by atoms with E-state index in [0.29, 0.717) is 18.5 Å². The quantitative estimate of drug-likeness (QED) is 0.794. The van der Waals surface area contributed by atoms with Crippen molar-refractivity contribution in [2.75, 3.05) is 13.7 Å². The van der Waals surface area contributed by atoms with E-state index in [1.165, 1.54) is 7.11 Å². The summed E-state index contributed by atoms with van der Waals surface area (Å²) < 4.78 is 6.77. The molecule has 0 N–H and O–H groups in total. The number of amides is 1. The maximum atomic E-state index is 12.7. The molecule has 0 unspecified atom stereocenters. The van der Waals surface area contributed by atoms with E-state index in [-0.39, 0.29) is 11.9 Å². The fraction of sp³-hybridized carbons (Fsp3) is 0.375. The summed E-state index contributed by atoms with van der Waals surface area (Å²) in [5, 5.41) is 0. The Morgan fingerprint density at radius 1 is 1.33 bits per heavy atom.